The van der Waals surface area contributed by atoms with E-state index < -0.39 is 5.91 Å². The van der Waals surface area contributed by atoms with Crippen molar-refractivity contribution < 1.29 is 9.53 Å². The lowest BCUT2D eigenvalue weighted by atomic mass is 10.3. The highest BCUT2D eigenvalue weighted by Crippen LogP contribution is 2.21. The molecule has 138 valence electrons. The van der Waals surface area contributed by atoms with Crippen LogP contribution in [0.2, 0.25) is 0 Å². The van der Waals surface area contributed by atoms with Crippen molar-refractivity contribution in [3.63, 3.8) is 0 Å². The van der Waals surface area contributed by atoms with Crippen molar-refractivity contribution >= 4 is 11.6 Å². The Balaban J connectivity index is 1.72. The number of unbranched alkanes of at least 4 members (excludes halogenated alkanes) is 1. The van der Waals surface area contributed by atoms with Crippen molar-refractivity contribution in [1.29, 1.82) is 0 Å². The summed E-state index contributed by atoms with van der Waals surface area (Å²) in [4.78, 5) is 32.3. The Morgan fingerprint density at radius 1 is 1.15 bits per heavy atom. The molecule has 3 aromatic rings. The molecule has 0 radical (unpaired) electrons. The van der Waals surface area contributed by atoms with Crippen LogP contribution in [0.5, 0.6) is 11.8 Å². The van der Waals surface area contributed by atoms with Gasteiger partial charge in [-0.25, -0.2) is 14.6 Å². The molecule has 1 aromatic carbocycles. The second-order valence-corrected chi connectivity index (χ2v) is 5.75. The number of nitrogens with one attached hydrogen (secondary N) is 1. The van der Waals surface area contributed by atoms with Crippen LogP contribution in [-0.2, 0) is 6.54 Å². The Labute approximate surface area is 155 Å². The molecule has 0 saturated carbocycles. The maximum absolute atomic E-state index is 12.5. The summed E-state index contributed by atoms with van der Waals surface area (Å²) >= 11 is 0. The topological polar surface area (TPSA) is 99.0 Å². The first-order valence-electron chi connectivity index (χ1n) is 8.60. The quantitative estimate of drug-likeness (QED) is 0.691. The monoisotopic (exact) mass is 365 g/mol. The van der Waals surface area contributed by atoms with Gasteiger partial charge < -0.3 is 10.1 Å². The van der Waals surface area contributed by atoms with Gasteiger partial charge in [-0.15, -0.1) is 0 Å². The zero-order valence-corrected chi connectivity index (χ0v) is 14.8. The van der Waals surface area contributed by atoms with Gasteiger partial charge in [-0.05, 0) is 30.7 Å². The van der Waals surface area contributed by atoms with Gasteiger partial charge in [0, 0.05) is 36.8 Å². The summed E-state index contributed by atoms with van der Waals surface area (Å²) in [5.41, 5.74) is 0.475. The molecular formula is C19H19N5O3. The predicted molar refractivity (Wildman–Crippen MR) is 99.9 cm³/mol. The Kier molecular flexibility index (Phi) is 5.88. The molecule has 0 aliphatic carbocycles. The van der Waals surface area contributed by atoms with Gasteiger partial charge in [0.1, 0.15) is 11.4 Å². The SMILES string of the molecule is CCCCn1nc(C(=O)Nc2cccc(Oc3ncccn3)c2)ccc1=O. The standard InChI is InChI=1S/C19H19N5O3/c1-2-3-12-24-17(25)9-8-16(23-24)18(26)22-14-6-4-7-15(13-14)27-19-20-10-5-11-21-19/h4-11,13H,2-3,12H2,1H3,(H,22,26). The normalized spacial score (nSPS) is 10.4. The lowest BCUT2D eigenvalue weighted by Gasteiger charge is -2.09. The lowest BCUT2D eigenvalue weighted by Crippen LogP contribution is -2.26. The molecule has 0 bridgehead atoms. The molecule has 0 spiro atoms. The molecule has 0 saturated heterocycles. The molecule has 0 unspecified atom stereocenters. The van der Waals surface area contributed by atoms with Crippen LogP contribution < -0.4 is 15.6 Å². The number of anilines is 1. The summed E-state index contributed by atoms with van der Waals surface area (Å²) in [5, 5.41) is 6.89. The summed E-state index contributed by atoms with van der Waals surface area (Å²) in [6.45, 7) is 2.51. The number of rotatable bonds is 7. The third kappa shape index (κ3) is 4.97. The van der Waals surface area contributed by atoms with E-state index in [-0.39, 0.29) is 17.3 Å². The average molecular weight is 365 g/mol. The number of benzene rings is 1. The van der Waals surface area contributed by atoms with E-state index in [1.54, 1.807) is 42.7 Å². The fraction of sp³-hybridized carbons (Fsp3) is 0.211. The number of carbonyl (C=O) groups excluding carboxylic acids is 1. The van der Waals surface area contributed by atoms with Crippen molar-refractivity contribution in [2.24, 2.45) is 0 Å². The highest BCUT2D eigenvalue weighted by molar-refractivity contribution is 6.02. The minimum absolute atomic E-state index is 0.170. The first kappa shape index (κ1) is 18.2. The highest BCUT2D eigenvalue weighted by atomic mass is 16.5. The van der Waals surface area contributed by atoms with Gasteiger partial charge in [-0.3, -0.25) is 9.59 Å². The average Bonchev–Trinajstić information content (AvgIpc) is 2.68. The molecule has 8 heteroatoms. The van der Waals surface area contributed by atoms with Crippen LogP contribution in [0.1, 0.15) is 30.3 Å². The smallest absolute Gasteiger partial charge is 0.321 e. The maximum Gasteiger partial charge on any atom is 0.321 e. The van der Waals surface area contributed by atoms with E-state index >= 15 is 0 Å². The Hall–Kier alpha value is -3.55. The third-order valence-electron chi connectivity index (χ3n) is 3.67. The summed E-state index contributed by atoms with van der Waals surface area (Å²) in [6, 6.07) is 11.5. The maximum atomic E-state index is 12.5. The van der Waals surface area contributed by atoms with Gasteiger partial charge >= 0.3 is 6.01 Å². The van der Waals surface area contributed by atoms with E-state index in [2.05, 4.69) is 20.4 Å². The van der Waals surface area contributed by atoms with Crippen molar-refractivity contribution in [2.75, 3.05) is 5.32 Å². The fourth-order valence-corrected chi connectivity index (χ4v) is 2.31. The van der Waals surface area contributed by atoms with Crippen LogP contribution in [-0.4, -0.2) is 25.7 Å². The van der Waals surface area contributed by atoms with Crippen LogP contribution in [0.4, 0.5) is 5.69 Å². The Morgan fingerprint density at radius 3 is 2.74 bits per heavy atom. The van der Waals surface area contributed by atoms with Gasteiger partial charge in [-0.1, -0.05) is 19.4 Å². The number of carbonyl (C=O) groups is 1. The largest absolute Gasteiger partial charge is 0.424 e. The second-order valence-electron chi connectivity index (χ2n) is 5.75. The molecule has 0 aliphatic rings. The number of amides is 1. The summed E-state index contributed by atoms with van der Waals surface area (Å²) in [6.07, 6.45) is 4.90. The van der Waals surface area contributed by atoms with Gasteiger partial charge in [0.05, 0.1) is 0 Å². The lowest BCUT2D eigenvalue weighted by molar-refractivity contribution is 0.101. The summed E-state index contributed by atoms with van der Waals surface area (Å²) in [7, 11) is 0. The summed E-state index contributed by atoms with van der Waals surface area (Å²) < 4.78 is 6.86. The number of ether oxygens (including phenoxy) is 1. The van der Waals surface area contributed by atoms with Crippen molar-refractivity contribution in [3.05, 3.63) is 70.9 Å². The van der Waals surface area contributed by atoms with Crippen molar-refractivity contribution in [1.82, 2.24) is 19.7 Å². The second kappa shape index (κ2) is 8.70. The fourth-order valence-electron chi connectivity index (χ4n) is 2.31. The minimum Gasteiger partial charge on any atom is -0.424 e. The molecule has 2 aromatic heterocycles. The van der Waals surface area contributed by atoms with Crippen molar-refractivity contribution in [2.45, 2.75) is 26.3 Å². The molecule has 1 amide bonds. The molecule has 0 fully saturated rings. The van der Waals surface area contributed by atoms with Crippen molar-refractivity contribution in [3.8, 4) is 11.8 Å². The number of hydrogen-bond acceptors (Lipinski definition) is 6. The van der Waals surface area contributed by atoms with Gasteiger partial charge in [0.25, 0.3) is 11.5 Å². The zero-order valence-electron chi connectivity index (χ0n) is 14.8. The molecule has 0 aliphatic heterocycles. The predicted octanol–water partition coefficient (Wildman–Crippen LogP) is 2.88. The van der Waals surface area contributed by atoms with Gasteiger partial charge in [0.15, 0.2) is 0 Å². The first-order valence-corrected chi connectivity index (χ1v) is 8.60. The van der Waals surface area contributed by atoms with Gasteiger partial charge in [0.2, 0.25) is 0 Å². The zero-order chi connectivity index (χ0) is 19.1. The number of hydrogen-bond donors (Lipinski definition) is 1. The molecule has 1 N–H and O–H groups in total. The number of aryl methyl sites for hydroxylation is 1. The van der Waals surface area contributed by atoms with E-state index in [1.807, 2.05) is 6.92 Å². The van der Waals surface area contributed by atoms with Gasteiger partial charge in [-0.2, -0.15) is 5.10 Å². The molecule has 0 atom stereocenters. The molecule has 3 rings (SSSR count). The van der Waals surface area contributed by atoms with E-state index in [0.717, 1.165) is 12.8 Å². The number of nitrogens with zero attached hydrogens (tertiary/aromatic N) is 4. The van der Waals surface area contributed by atoms with E-state index in [0.29, 0.717) is 18.0 Å². The highest BCUT2D eigenvalue weighted by Gasteiger charge is 2.11. The molecule has 2 heterocycles. The summed E-state index contributed by atoms with van der Waals surface area (Å²) in [5.74, 6) is 0.0771. The molecular weight excluding hydrogens is 346 g/mol. The molecule has 8 nitrogen and oxygen atoms in total. The van der Waals surface area contributed by atoms with E-state index in [9.17, 15) is 9.59 Å². The van der Waals surface area contributed by atoms with Crippen LogP contribution >= 0.6 is 0 Å². The van der Waals surface area contributed by atoms with Crippen LogP contribution in [0.15, 0.2) is 59.7 Å². The Bertz CT molecular complexity index is 972. The van der Waals surface area contributed by atoms with Crippen LogP contribution in [0, 0.1) is 0 Å². The minimum atomic E-state index is -0.409. The van der Waals surface area contributed by atoms with E-state index in [1.165, 1.54) is 16.8 Å². The third-order valence-corrected chi connectivity index (χ3v) is 3.67. The van der Waals surface area contributed by atoms with Crippen LogP contribution in [0.25, 0.3) is 0 Å². The molecule has 27 heavy (non-hydrogen) atoms. The van der Waals surface area contributed by atoms with E-state index in [4.69, 9.17) is 4.74 Å². The van der Waals surface area contributed by atoms with Crippen LogP contribution in [0.3, 0.4) is 0 Å². The first-order chi connectivity index (χ1) is 13.2. The number of aromatic nitrogens is 4. The Morgan fingerprint density at radius 2 is 1.96 bits per heavy atom.